The van der Waals surface area contributed by atoms with E-state index in [4.69, 9.17) is 0 Å². The number of hydrogen-bond acceptors (Lipinski definition) is 6. The largest absolute Gasteiger partial charge is 0.391 e. The summed E-state index contributed by atoms with van der Waals surface area (Å²) in [5, 5.41) is 25.2. The number of aromatic nitrogens is 4. The number of rotatable bonds is 6. The molecule has 96 valence electrons. The average Bonchev–Trinajstić information content (AvgIpc) is 2.97. The predicted molar refractivity (Wildman–Crippen MR) is 66.0 cm³/mol. The average molecular weight is 257 g/mol. The number of nitrogens with zero attached hydrogens (tertiary/aromatic N) is 4. The van der Waals surface area contributed by atoms with Gasteiger partial charge in [0.05, 0.1) is 12.1 Å². The van der Waals surface area contributed by atoms with Crippen LogP contribution in [0.25, 0.3) is 0 Å². The molecule has 2 rings (SSSR count). The molecule has 6 nitrogen and oxygen atoms in total. The normalized spacial score (nSPS) is 18.7. The Hall–Kier alpha value is -0.660. The molecule has 1 aromatic heterocycles. The third-order valence-electron chi connectivity index (χ3n) is 2.98. The number of tetrazole rings is 1. The Morgan fingerprint density at radius 3 is 3.00 bits per heavy atom. The van der Waals surface area contributed by atoms with Gasteiger partial charge in [0.2, 0.25) is 5.16 Å². The number of aliphatic hydroxyl groups is 1. The van der Waals surface area contributed by atoms with Crippen molar-refractivity contribution in [2.24, 2.45) is 0 Å². The lowest BCUT2D eigenvalue weighted by Gasteiger charge is -2.12. The molecule has 1 aliphatic carbocycles. The van der Waals surface area contributed by atoms with Crippen LogP contribution in [0.4, 0.5) is 0 Å². The van der Waals surface area contributed by atoms with Gasteiger partial charge >= 0.3 is 0 Å². The first-order chi connectivity index (χ1) is 8.31. The van der Waals surface area contributed by atoms with Gasteiger partial charge in [-0.25, -0.2) is 4.68 Å². The first kappa shape index (κ1) is 12.8. The van der Waals surface area contributed by atoms with Crippen molar-refractivity contribution in [2.45, 2.75) is 43.0 Å². The zero-order valence-corrected chi connectivity index (χ0v) is 10.9. The summed E-state index contributed by atoms with van der Waals surface area (Å²) >= 11 is 1.53. The van der Waals surface area contributed by atoms with Gasteiger partial charge in [0, 0.05) is 12.3 Å². The summed E-state index contributed by atoms with van der Waals surface area (Å²) in [5.74, 6) is 0.619. The minimum atomic E-state index is -0.362. The van der Waals surface area contributed by atoms with E-state index in [2.05, 4.69) is 20.8 Å². The third kappa shape index (κ3) is 3.40. The van der Waals surface area contributed by atoms with Crippen molar-refractivity contribution < 1.29 is 5.11 Å². The van der Waals surface area contributed by atoms with Gasteiger partial charge < -0.3 is 10.4 Å². The third-order valence-corrected chi connectivity index (χ3v) is 4.06. The Balaban J connectivity index is 1.90. The van der Waals surface area contributed by atoms with Crippen molar-refractivity contribution in [3.05, 3.63) is 0 Å². The molecule has 17 heavy (non-hydrogen) atoms. The summed E-state index contributed by atoms with van der Waals surface area (Å²) in [5.41, 5.74) is 0. The van der Waals surface area contributed by atoms with Gasteiger partial charge in [-0.3, -0.25) is 0 Å². The van der Waals surface area contributed by atoms with Crippen LogP contribution in [0.2, 0.25) is 0 Å². The monoisotopic (exact) mass is 257 g/mol. The molecule has 0 bridgehead atoms. The first-order valence-corrected chi connectivity index (χ1v) is 7.03. The van der Waals surface area contributed by atoms with Gasteiger partial charge in [0.15, 0.2) is 0 Å². The molecule has 2 N–H and O–H groups in total. The molecule has 1 heterocycles. The Kier molecular flexibility index (Phi) is 4.75. The molecule has 0 spiro atoms. The molecule has 0 aromatic carbocycles. The maximum atomic E-state index is 9.64. The molecule has 0 radical (unpaired) electrons. The molecule has 1 aliphatic rings. The second-order valence-corrected chi connectivity index (χ2v) is 5.35. The molecule has 7 heteroatoms. The van der Waals surface area contributed by atoms with Crippen molar-refractivity contribution in [3.63, 3.8) is 0 Å². The topological polar surface area (TPSA) is 75.9 Å². The summed E-state index contributed by atoms with van der Waals surface area (Å²) in [6.45, 7) is 0.595. The Morgan fingerprint density at radius 1 is 1.53 bits per heavy atom. The molecular weight excluding hydrogens is 238 g/mol. The summed E-state index contributed by atoms with van der Waals surface area (Å²) in [6.07, 6.45) is 4.49. The maximum absolute atomic E-state index is 9.64. The lowest BCUT2D eigenvalue weighted by Crippen LogP contribution is -2.25. The highest BCUT2D eigenvalue weighted by molar-refractivity contribution is 7.99. The first-order valence-electron chi connectivity index (χ1n) is 6.04. The summed E-state index contributed by atoms with van der Waals surface area (Å²) < 4.78 is 1.92. The van der Waals surface area contributed by atoms with E-state index in [1.54, 1.807) is 0 Å². The molecule has 1 atom stereocenters. The Bertz CT molecular complexity index is 339. The summed E-state index contributed by atoms with van der Waals surface area (Å²) in [7, 11) is 1.83. The Morgan fingerprint density at radius 2 is 2.29 bits per heavy atom. The minimum absolute atomic E-state index is 0.362. The van der Waals surface area contributed by atoms with Gasteiger partial charge in [-0.05, 0) is 30.3 Å². The maximum Gasteiger partial charge on any atom is 0.209 e. The molecule has 0 amide bonds. The van der Waals surface area contributed by atoms with E-state index in [0.717, 1.165) is 18.0 Å². The van der Waals surface area contributed by atoms with Crippen LogP contribution in [0.3, 0.4) is 0 Å². The van der Waals surface area contributed by atoms with Gasteiger partial charge in [0.1, 0.15) is 0 Å². The number of aliphatic hydroxyl groups excluding tert-OH is 1. The van der Waals surface area contributed by atoms with Crippen LogP contribution in [-0.2, 0) is 0 Å². The minimum Gasteiger partial charge on any atom is -0.391 e. The Labute approximate surface area is 105 Å². The lowest BCUT2D eigenvalue weighted by molar-refractivity contribution is 0.199. The standard InChI is InChI=1S/C10H19N5OS/c1-11-6-9(16)7-17-10-12-13-14-15(10)8-4-2-3-5-8/h8-9,11,16H,2-7H2,1H3. The molecule has 0 saturated heterocycles. The zero-order chi connectivity index (χ0) is 12.1. The highest BCUT2D eigenvalue weighted by Gasteiger charge is 2.21. The van der Waals surface area contributed by atoms with Crippen molar-refractivity contribution >= 4 is 11.8 Å². The van der Waals surface area contributed by atoms with Crippen LogP contribution >= 0.6 is 11.8 Å². The summed E-state index contributed by atoms with van der Waals surface area (Å²) in [4.78, 5) is 0. The van der Waals surface area contributed by atoms with E-state index >= 15 is 0 Å². The lowest BCUT2D eigenvalue weighted by atomic mass is 10.3. The van der Waals surface area contributed by atoms with Gasteiger partial charge in [-0.15, -0.1) is 5.10 Å². The van der Waals surface area contributed by atoms with Crippen LogP contribution < -0.4 is 5.32 Å². The zero-order valence-electron chi connectivity index (χ0n) is 10.0. The SMILES string of the molecule is CNCC(O)CSc1nnnn1C1CCCC1. The summed E-state index contributed by atoms with van der Waals surface area (Å²) in [6, 6.07) is 0.453. The van der Waals surface area contributed by atoms with Crippen LogP contribution in [0.5, 0.6) is 0 Å². The molecule has 1 unspecified atom stereocenters. The number of likely N-dealkylation sites (N-methyl/N-ethyl adjacent to an activating group) is 1. The number of thioether (sulfide) groups is 1. The molecule has 1 aromatic rings. The fourth-order valence-corrected chi connectivity index (χ4v) is 3.00. The van der Waals surface area contributed by atoms with Crippen LogP contribution in [-0.4, -0.2) is 50.8 Å². The van der Waals surface area contributed by atoms with E-state index < -0.39 is 0 Å². The van der Waals surface area contributed by atoms with Crippen molar-refractivity contribution in [2.75, 3.05) is 19.3 Å². The van der Waals surface area contributed by atoms with Crippen molar-refractivity contribution in [3.8, 4) is 0 Å². The second kappa shape index (κ2) is 6.32. The second-order valence-electron chi connectivity index (χ2n) is 4.37. The van der Waals surface area contributed by atoms with E-state index in [0.29, 0.717) is 18.3 Å². The van der Waals surface area contributed by atoms with Crippen LogP contribution in [0.1, 0.15) is 31.7 Å². The van der Waals surface area contributed by atoms with E-state index in [1.165, 1.54) is 24.6 Å². The predicted octanol–water partition coefficient (Wildman–Crippen LogP) is 0.461. The highest BCUT2D eigenvalue weighted by Crippen LogP contribution is 2.31. The molecule has 1 fully saturated rings. The molecular formula is C10H19N5OS. The molecule has 0 aliphatic heterocycles. The van der Waals surface area contributed by atoms with Crippen molar-refractivity contribution in [1.82, 2.24) is 25.5 Å². The van der Waals surface area contributed by atoms with Gasteiger partial charge in [0.25, 0.3) is 0 Å². The van der Waals surface area contributed by atoms with Crippen LogP contribution in [0.15, 0.2) is 5.16 Å². The van der Waals surface area contributed by atoms with Gasteiger partial charge in [-0.2, -0.15) is 0 Å². The van der Waals surface area contributed by atoms with E-state index in [1.807, 2.05) is 11.7 Å². The van der Waals surface area contributed by atoms with E-state index in [-0.39, 0.29) is 6.10 Å². The van der Waals surface area contributed by atoms with E-state index in [9.17, 15) is 5.11 Å². The quantitative estimate of drug-likeness (QED) is 0.721. The highest BCUT2D eigenvalue weighted by atomic mass is 32.2. The van der Waals surface area contributed by atoms with Crippen molar-refractivity contribution in [1.29, 1.82) is 0 Å². The van der Waals surface area contributed by atoms with Crippen LogP contribution in [0, 0.1) is 0 Å². The fourth-order valence-electron chi connectivity index (χ4n) is 2.12. The number of hydrogen-bond donors (Lipinski definition) is 2. The fraction of sp³-hybridized carbons (Fsp3) is 0.900. The molecule has 1 saturated carbocycles. The smallest absolute Gasteiger partial charge is 0.209 e. The number of nitrogens with one attached hydrogen (secondary N) is 1. The van der Waals surface area contributed by atoms with Gasteiger partial charge in [-0.1, -0.05) is 24.6 Å².